The van der Waals surface area contributed by atoms with Gasteiger partial charge in [-0.2, -0.15) is 5.10 Å². The molecule has 1 heterocycles. The first kappa shape index (κ1) is 19.9. The van der Waals surface area contributed by atoms with Gasteiger partial charge in [0.25, 0.3) is 0 Å². The van der Waals surface area contributed by atoms with Crippen molar-refractivity contribution in [3.8, 4) is 11.5 Å². The molecule has 1 aliphatic heterocycles. The number of aliphatic carboxylic acids is 1. The lowest BCUT2D eigenvalue weighted by Crippen LogP contribution is -2.37. The Kier molecular flexibility index (Phi) is 7.61. The molecular weight excluding hydrogens is 358 g/mol. The molecule has 142 valence electrons. The molecule has 1 aliphatic rings. The standard InChI is InChI=1S/C17H23N3O5S/c1-11(19-20-17(26)18-9-13-4-3-7-24-13)12-5-6-14(15(8-12)23-2)25-10-16(21)22/h5-6,8,13H,3-4,7,9-10H2,1-2H3,(H,21,22)(H2,18,20,26)/p-1/b19-11-/t13-/m0/s1. The number of carbonyl (C=O) groups is 1. The number of thiocarbonyl (C=S) groups is 1. The highest BCUT2D eigenvalue weighted by atomic mass is 32.1. The van der Waals surface area contributed by atoms with Crippen LogP contribution in [0.3, 0.4) is 0 Å². The van der Waals surface area contributed by atoms with Gasteiger partial charge in [0.15, 0.2) is 16.6 Å². The van der Waals surface area contributed by atoms with Gasteiger partial charge in [-0.1, -0.05) is 0 Å². The number of carboxylic acid groups (broad SMARTS) is 1. The molecule has 0 aliphatic carbocycles. The number of carbonyl (C=O) groups excluding carboxylic acids is 1. The number of nitrogens with one attached hydrogen (secondary N) is 2. The fraction of sp³-hybridized carbons (Fsp3) is 0.471. The van der Waals surface area contributed by atoms with Gasteiger partial charge in [0.05, 0.1) is 24.9 Å². The van der Waals surface area contributed by atoms with Crippen LogP contribution in [0.2, 0.25) is 0 Å². The van der Waals surface area contributed by atoms with Gasteiger partial charge in [-0.05, 0) is 50.2 Å². The molecule has 0 aromatic heterocycles. The number of nitrogens with zero attached hydrogens (tertiary/aromatic N) is 1. The molecule has 0 saturated carbocycles. The van der Waals surface area contributed by atoms with Gasteiger partial charge in [0.2, 0.25) is 0 Å². The minimum atomic E-state index is -1.30. The summed E-state index contributed by atoms with van der Waals surface area (Å²) in [7, 11) is 1.47. The monoisotopic (exact) mass is 380 g/mol. The second-order valence-electron chi connectivity index (χ2n) is 5.68. The van der Waals surface area contributed by atoms with E-state index in [0.29, 0.717) is 28.9 Å². The summed E-state index contributed by atoms with van der Waals surface area (Å²) in [6, 6.07) is 5.06. The lowest BCUT2D eigenvalue weighted by molar-refractivity contribution is -0.307. The SMILES string of the molecule is COc1cc(/C(C)=N\NC(=S)NC[C@@H]2CCCO2)ccc1OCC(=O)[O-]. The number of benzene rings is 1. The third-order valence-electron chi connectivity index (χ3n) is 3.77. The van der Waals surface area contributed by atoms with Crippen LogP contribution in [0, 0.1) is 0 Å². The lowest BCUT2D eigenvalue weighted by atomic mass is 10.1. The molecule has 2 N–H and O–H groups in total. The molecule has 1 aromatic carbocycles. The van der Waals surface area contributed by atoms with Crippen LogP contribution in [0.4, 0.5) is 0 Å². The third kappa shape index (κ3) is 6.16. The summed E-state index contributed by atoms with van der Waals surface area (Å²) in [5, 5.41) is 18.2. The third-order valence-corrected chi connectivity index (χ3v) is 4.00. The normalized spacial score (nSPS) is 16.8. The van der Waals surface area contributed by atoms with Crippen molar-refractivity contribution in [3.63, 3.8) is 0 Å². The number of hydrazone groups is 1. The van der Waals surface area contributed by atoms with Crippen LogP contribution < -0.4 is 25.3 Å². The first-order chi connectivity index (χ1) is 12.5. The molecule has 1 atom stereocenters. The highest BCUT2D eigenvalue weighted by Crippen LogP contribution is 2.28. The average Bonchev–Trinajstić information content (AvgIpc) is 3.16. The Balaban J connectivity index is 1.92. The van der Waals surface area contributed by atoms with Crippen molar-refractivity contribution in [3.05, 3.63) is 23.8 Å². The second kappa shape index (κ2) is 9.93. The quantitative estimate of drug-likeness (QED) is 0.374. The molecular formula is C17H22N3O5S-. The Bertz CT molecular complexity index is 674. The van der Waals surface area contributed by atoms with Crippen LogP contribution in [-0.2, 0) is 9.53 Å². The smallest absolute Gasteiger partial charge is 0.187 e. The highest BCUT2D eigenvalue weighted by Gasteiger charge is 2.15. The molecule has 8 nitrogen and oxygen atoms in total. The summed E-state index contributed by atoms with van der Waals surface area (Å²) >= 11 is 5.19. The molecule has 1 saturated heterocycles. The van der Waals surface area contributed by atoms with E-state index in [4.69, 9.17) is 26.4 Å². The fourth-order valence-corrected chi connectivity index (χ4v) is 2.53. The van der Waals surface area contributed by atoms with Crippen molar-refractivity contribution in [2.45, 2.75) is 25.9 Å². The van der Waals surface area contributed by atoms with Crippen molar-refractivity contribution in [1.82, 2.24) is 10.7 Å². The number of hydrogen-bond acceptors (Lipinski definition) is 7. The Labute approximate surface area is 157 Å². The summed E-state index contributed by atoms with van der Waals surface area (Å²) in [5.74, 6) is -0.588. The van der Waals surface area contributed by atoms with E-state index >= 15 is 0 Å². The minimum absolute atomic E-state index is 0.192. The fourth-order valence-electron chi connectivity index (χ4n) is 2.40. The van der Waals surface area contributed by atoms with Gasteiger partial charge in [-0.3, -0.25) is 5.43 Å². The molecule has 0 unspecified atom stereocenters. The van der Waals surface area contributed by atoms with Crippen LogP contribution in [0.15, 0.2) is 23.3 Å². The minimum Gasteiger partial charge on any atom is -0.546 e. The van der Waals surface area contributed by atoms with Gasteiger partial charge < -0.3 is 29.4 Å². The zero-order chi connectivity index (χ0) is 18.9. The van der Waals surface area contributed by atoms with Crippen LogP contribution in [0.25, 0.3) is 0 Å². The maximum Gasteiger partial charge on any atom is 0.187 e. The van der Waals surface area contributed by atoms with Crippen LogP contribution in [0.1, 0.15) is 25.3 Å². The molecule has 0 spiro atoms. The molecule has 1 fully saturated rings. The van der Waals surface area contributed by atoms with E-state index in [-0.39, 0.29) is 6.10 Å². The largest absolute Gasteiger partial charge is 0.546 e. The van der Waals surface area contributed by atoms with Crippen molar-refractivity contribution in [1.29, 1.82) is 0 Å². The van der Waals surface area contributed by atoms with Gasteiger partial charge in [0, 0.05) is 18.7 Å². The van der Waals surface area contributed by atoms with Crippen molar-refractivity contribution in [2.75, 3.05) is 26.9 Å². The predicted molar refractivity (Wildman–Crippen MR) is 98.4 cm³/mol. The lowest BCUT2D eigenvalue weighted by Gasteiger charge is -2.13. The van der Waals surface area contributed by atoms with E-state index in [9.17, 15) is 9.90 Å². The summed E-state index contributed by atoms with van der Waals surface area (Å²) in [4.78, 5) is 10.5. The second-order valence-corrected chi connectivity index (χ2v) is 6.09. The molecule has 9 heteroatoms. The number of carboxylic acids is 1. The van der Waals surface area contributed by atoms with Gasteiger partial charge >= 0.3 is 0 Å². The van der Waals surface area contributed by atoms with E-state index in [1.54, 1.807) is 18.2 Å². The topological polar surface area (TPSA) is 104 Å². The average molecular weight is 380 g/mol. The van der Waals surface area contributed by atoms with Crippen molar-refractivity contribution < 1.29 is 24.1 Å². The van der Waals surface area contributed by atoms with Gasteiger partial charge in [-0.25, -0.2) is 0 Å². The number of ether oxygens (including phenoxy) is 3. The van der Waals surface area contributed by atoms with Crippen LogP contribution >= 0.6 is 12.2 Å². The Morgan fingerprint density at radius 2 is 2.27 bits per heavy atom. The zero-order valence-corrected chi connectivity index (χ0v) is 15.6. The van der Waals surface area contributed by atoms with Crippen molar-refractivity contribution >= 4 is 29.0 Å². The first-order valence-electron chi connectivity index (χ1n) is 8.20. The van der Waals surface area contributed by atoms with Crippen molar-refractivity contribution in [2.24, 2.45) is 5.10 Å². The molecule has 2 rings (SSSR count). The van der Waals surface area contributed by atoms with E-state index in [0.717, 1.165) is 25.0 Å². The zero-order valence-electron chi connectivity index (χ0n) is 14.7. The van der Waals surface area contributed by atoms with E-state index in [2.05, 4.69) is 15.8 Å². The molecule has 0 amide bonds. The van der Waals surface area contributed by atoms with Crippen LogP contribution in [0.5, 0.6) is 11.5 Å². The molecule has 0 bridgehead atoms. The van der Waals surface area contributed by atoms with Crippen LogP contribution in [-0.4, -0.2) is 49.8 Å². The number of rotatable bonds is 8. The summed E-state index contributed by atoms with van der Waals surface area (Å²) in [5.41, 5.74) is 4.24. The maximum absolute atomic E-state index is 10.5. The van der Waals surface area contributed by atoms with Gasteiger partial charge in [0.1, 0.15) is 6.61 Å². The van der Waals surface area contributed by atoms with E-state index < -0.39 is 12.6 Å². The number of methoxy groups -OCH3 is 1. The Morgan fingerprint density at radius 3 is 2.92 bits per heavy atom. The first-order valence-corrected chi connectivity index (χ1v) is 8.61. The van der Waals surface area contributed by atoms with E-state index in [1.807, 2.05) is 6.92 Å². The summed E-state index contributed by atoms with van der Waals surface area (Å²) in [6.45, 7) is 2.72. The summed E-state index contributed by atoms with van der Waals surface area (Å²) < 4.78 is 15.9. The Morgan fingerprint density at radius 1 is 1.46 bits per heavy atom. The molecule has 1 aromatic rings. The maximum atomic E-state index is 10.5. The van der Waals surface area contributed by atoms with Gasteiger partial charge in [-0.15, -0.1) is 0 Å². The Hall–Kier alpha value is -2.39. The van der Waals surface area contributed by atoms with E-state index in [1.165, 1.54) is 7.11 Å². The predicted octanol–water partition coefficient (Wildman–Crippen LogP) is 0.191. The summed E-state index contributed by atoms with van der Waals surface area (Å²) in [6.07, 6.45) is 2.30. The molecule has 26 heavy (non-hydrogen) atoms. The molecule has 0 radical (unpaired) electrons. The number of hydrogen-bond donors (Lipinski definition) is 2. The highest BCUT2D eigenvalue weighted by molar-refractivity contribution is 7.80.